The fraction of sp³-hybridized carbons (Fsp3) is 0.444. The third-order valence-corrected chi connectivity index (χ3v) is 4.57. The smallest absolute Gasteiger partial charge is 0.335 e. The zero-order valence-corrected chi connectivity index (χ0v) is 13.2. The van der Waals surface area contributed by atoms with Crippen molar-refractivity contribution in [2.75, 3.05) is 11.4 Å². The van der Waals surface area contributed by atoms with Crippen LogP contribution < -0.4 is 4.90 Å². The molecule has 4 heteroatoms. The van der Waals surface area contributed by atoms with E-state index in [-0.39, 0.29) is 0 Å². The fourth-order valence-electron chi connectivity index (χ4n) is 3.45. The molecular weight excluding hydrogens is 276 g/mol. The van der Waals surface area contributed by atoms with Crippen molar-refractivity contribution < 1.29 is 9.90 Å². The van der Waals surface area contributed by atoms with Crippen molar-refractivity contribution in [3.05, 3.63) is 35.5 Å². The number of anilines is 1. The maximum absolute atomic E-state index is 11.2. The lowest BCUT2D eigenvalue weighted by Crippen LogP contribution is -2.39. The first-order valence-corrected chi connectivity index (χ1v) is 8.01. The summed E-state index contributed by atoms with van der Waals surface area (Å²) in [4.78, 5) is 18.2. The second-order valence-corrected chi connectivity index (χ2v) is 6.07. The normalized spacial score (nSPS) is 18.6. The SMILES string of the molecule is CCC1CCCCN1c1cc(C)nc2cc(C(=O)O)ccc12. The molecule has 1 atom stereocenters. The van der Waals surface area contributed by atoms with E-state index in [0.29, 0.717) is 11.6 Å². The Morgan fingerprint density at radius 1 is 1.36 bits per heavy atom. The molecule has 1 aromatic carbocycles. The largest absolute Gasteiger partial charge is 0.478 e. The predicted molar refractivity (Wildman–Crippen MR) is 88.7 cm³/mol. The third-order valence-electron chi connectivity index (χ3n) is 4.57. The van der Waals surface area contributed by atoms with E-state index in [4.69, 9.17) is 0 Å². The highest BCUT2D eigenvalue weighted by molar-refractivity contribution is 5.98. The van der Waals surface area contributed by atoms with Crippen molar-refractivity contribution >= 4 is 22.6 Å². The van der Waals surface area contributed by atoms with Crippen molar-refractivity contribution in [2.45, 2.75) is 45.6 Å². The number of pyridine rings is 1. The summed E-state index contributed by atoms with van der Waals surface area (Å²) < 4.78 is 0. The highest BCUT2D eigenvalue weighted by Gasteiger charge is 2.23. The molecular formula is C18H22N2O2. The summed E-state index contributed by atoms with van der Waals surface area (Å²) in [5, 5.41) is 10.2. The van der Waals surface area contributed by atoms with Gasteiger partial charge in [0.1, 0.15) is 0 Å². The molecule has 1 aromatic heterocycles. The van der Waals surface area contributed by atoms with Gasteiger partial charge in [0, 0.05) is 29.4 Å². The Balaban J connectivity index is 2.14. The van der Waals surface area contributed by atoms with E-state index in [9.17, 15) is 9.90 Å². The van der Waals surface area contributed by atoms with Crippen LogP contribution in [-0.2, 0) is 0 Å². The van der Waals surface area contributed by atoms with E-state index < -0.39 is 5.97 Å². The van der Waals surface area contributed by atoms with Gasteiger partial charge in [0.15, 0.2) is 0 Å². The summed E-state index contributed by atoms with van der Waals surface area (Å²) >= 11 is 0. The summed E-state index contributed by atoms with van der Waals surface area (Å²) in [6.45, 7) is 5.28. The van der Waals surface area contributed by atoms with E-state index >= 15 is 0 Å². The molecule has 22 heavy (non-hydrogen) atoms. The van der Waals surface area contributed by atoms with Crippen molar-refractivity contribution in [1.82, 2.24) is 4.98 Å². The highest BCUT2D eigenvalue weighted by atomic mass is 16.4. The maximum atomic E-state index is 11.2. The van der Waals surface area contributed by atoms with Crippen LogP contribution in [0.3, 0.4) is 0 Å². The number of fused-ring (bicyclic) bond motifs is 1. The Hall–Kier alpha value is -2.10. The number of aromatic carboxylic acids is 1. The predicted octanol–water partition coefficient (Wildman–Crippen LogP) is 4.01. The Bertz CT molecular complexity index is 712. The first kappa shape index (κ1) is 14.8. The van der Waals surface area contributed by atoms with Gasteiger partial charge in [0.2, 0.25) is 0 Å². The summed E-state index contributed by atoms with van der Waals surface area (Å²) in [5.74, 6) is -0.906. The molecule has 1 unspecified atom stereocenters. The number of nitrogens with zero attached hydrogens (tertiary/aromatic N) is 2. The van der Waals surface area contributed by atoms with Gasteiger partial charge in [-0.1, -0.05) is 6.92 Å². The number of carboxylic acids is 1. The first-order valence-electron chi connectivity index (χ1n) is 8.01. The highest BCUT2D eigenvalue weighted by Crippen LogP contribution is 2.33. The average molecular weight is 298 g/mol. The first-order chi connectivity index (χ1) is 10.6. The molecule has 1 fully saturated rings. The van der Waals surface area contributed by atoms with Gasteiger partial charge in [-0.15, -0.1) is 0 Å². The molecule has 2 aromatic rings. The molecule has 0 saturated carbocycles. The number of carboxylic acid groups (broad SMARTS) is 1. The summed E-state index contributed by atoms with van der Waals surface area (Å²) in [6, 6.07) is 7.96. The molecule has 0 spiro atoms. The van der Waals surface area contributed by atoms with Crippen LogP contribution in [0.4, 0.5) is 5.69 Å². The number of benzene rings is 1. The fourth-order valence-corrected chi connectivity index (χ4v) is 3.45. The number of carbonyl (C=O) groups is 1. The minimum atomic E-state index is -0.906. The van der Waals surface area contributed by atoms with Crippen LogP contribution in [0.1, 0.15) is 48.7 Å². The Morgan fingerprint density at radius 2 is 2.18 bits per heavy atom. The van der Waals surface area contributed by atoms with Crippen molar-refractivity contribution in [1.29, 1.82) is 0 Å². The molecule has 0 radical (unpaired) electrons. The average Bonchev–Trinajstić information content (AvgIpc) is 2.53. The standard InChI is InChI=1S/C18H22N2O2/c1-3-14-6-4-5-9-20(14)17-10-12(2)19-16-11-13(18(21)22)7-8-15(16)17/h7-8,10-11,14H,3-6,9H2,1-2H3,(H,21,22). The number of aromatic nitrogens is 1. The molecule has 116 valence electrons. The zero-order chi connectivity index (χ0) is 15.7. The molecule has 0 bridgehead atoms. The summed E-state index contributed by atoms with van der Waals surface area (Å²) in [7, 11) is 0. The Morgan fingerprint density at radius 3 is 2.91 bits per heavy atom. The zero-order valence-electron chi connectivity index (χ0n) is 13.2. The van der Waals surface area contributed by atoms with Crippen molar-refractivity contribution in [3.63, 3.8) is 0 Å². The molecule has 0 aliphatic carbocycles. The van der Waals surface area contributed by atoms with Gasteiger partial charge in [0.25, 0.3) is 0 Å². The van der Waals surface area contributed by atoms with Crippen LogP contribution in [0.25, 0.3) is 10.9 Å². The second-order valence-electron chi connectivity index (χ2n) is 6.07. The van der Waals surface area contributed by atoms with E-state index in [1.165, 1.54) is 24.9 Å². The lowest BCUT2D eigenvalue weighted by atomic mass is 9.98. The minimum Gasteiger partial charge on any atom is -0.478 e. The van der Waals surface area contributed by atoms with E-state index in [2.05, 4.69) is 22.9 Å². The summed E-state index contributed by atoms with van der Waals surface area (Å²) in [6.07, 6.45) is 4.87. The molecule has 1 aliphatic heterocycles. The molecule has 1 aliphatic rings. The van der Waals surface area contributed by atoms with Gasteiger partial charge >= 0.3 is 5.97 Å². The monoisotopic (exact) mass is 298 g/mol. The molecule has 2 heterocycles. The number of aryl methyl sites for hydroxylation is 1. The minimum absolute atomic E-state index is 0.294. The van der Waals surface area contributed by atoms with Crippen LogP contribution >= 0.6 is 0 Å². The number of hydrogen-bond acceptors (Lipinski definition) is 3. The van der Waals surface area contributed by atoms with Crippen LogP contribution in [0.15, 0.2) is 24.3 Å². The number of hydrogen-bond donors (Lipinski definition) is 1. The van der Waals surface area contributed by atoms with Gasteiger partial charge in [0.05, 0.1) is 11.1 Å². The maximum Gasteiger partial charge on any atom is 0.335 e. The van der Waals surface area contributed by atoms with Gasteiger partial charge in [-0.05, 0) is 56.9 Å². The molecule has 1 N–H and O–H groups in total. The van der Waals surface area contributed by atoms with Crippen LogP contribution in [-0.4, -0.2) is 28.6 Å². The van der Waals surface area contributed by atoms with Gasteiger partial charge in [-0.3, -0.25) is 4.98 Å². The third kappa shape index (κ3) is 2.65. The number of piperidine rings is 1. The van der Waals surface area contributed by atoms with Gasteiger partial charge in [-0.25, -0.2) is 4.79 Å². The van der Waals surface area contributed by atoms with E-state index in [1.807, 2.05) is 13.0 Å². The Kier molecular flexibility index (Phi) is 4.01. The molecule has 3 rings (SSSR count). The lowest BCUT2D eigenvalue weighted by molar-refractivity contribution is 0.0697. The summed E-state index contributed by atoms with van der Waals surface area (Å²) in [5.41, 5.74) is 3.20. The molecule has 1 saturated heterocycles. The van der Waals surface area contributed by atoms with Gasteiger partial charge in [-0.2, -0.15) is 0 Å². The van der Waals surface area contributed by atoms with Crippen molar-refractivity contribution in [3.8, 4) is 0 Å². The van der Waals surface area contributed by atoms with Crippen LogP contribution in [0, 0.1) is 6.92 Å². The molecule has 0 amide bonds. The van der Waals surface area contributed by atoms with Crippen LogP contribution in [0.5, 0.6) is 0 Å². The quantitative estimate of drug-likeness (QED) is 0.930. The number of rotatable bonds is 3. The van der Waals surface area contributed by atoms with Crippen LogP contribution in [0.2, 0.25) is 0 Å². The van der Waals surface area contributed by atoms with Gasteiger partial charge < -0.3 is 10.0 Å². The van der Waals surface area contributed by atoms with Crippen molar-refractivity contribution in [2.24, 2.45) is 0 Å². The lowest BCUT2D eigenvalue weighted by Gasteiger charge is -2.38. The second kappa shape index (κ2) is 5.95. The van der Waals surface area contributed by atoms with E-state index in [1.54, 1.807) is 12.1 Å². The topological polar surface area (TPSA) is 53.4 Å². The molecule has 4 nitrogen and oxygen atoms in total. The Labute approximate surface area is 130 Å². The van der Waals surface area contributed by atoms with E-state index in [0.717, 1.165) is 29.6 Å².